The molecule has 0 saturated heterocycles. The minimum atomic E-state index is -0.971. The first-order chi connectivity index (χ1) is 15.0. The van der Waals surface area contributed by atoms with Crippen LogP contribution in [0.3, 0.4) is 0 Å². The van der Waals surface area contributed by atoms with Crippen molar-refractivity contribution in [3.63, 3.8) is 0 Å². The standard InChI is InChI=1S/C26H38N2O4/c1-4-14-20-19-15-6-11-25(32,12-8-18(30)31)23(15,2)9-5-16(19)24(3)10-7-17(29)21(22(20)28)26(14,24)13-27/h14-16,19-22,32H,4-12,28H2,1-3H3,(H,30,31)/t14-,15-,16-,19-,20+,21?,22?,23-,24+,25+,26+/m0/s1. The Morgan fingerprint density at radius 2 is 1.81 bits per heavy atom. The summed E-state index contributed by atoms with van der Waals surface area (Å²) < 4.78 is 0. The number of carbonyl (C=O) groups excluding carboxylic acids is 1. The number of nitrogens with zero attached hydrogens (tertiary/aromatic N) is 1. The van der Waals surface area contributed by atoms with Crippen molar-refractivity contribution in [2.45, 2.75) is 90.2 Å². The summed E-state index contributed by atoms with van der Waals surface area (Å²) in [6.07, 6.45) is 5.70. The van der Waals surface area contributed by atoms with E-state index in [1.165, 1.54) is 0 Å². The molecule has 0 aliphatic heterocycles. The van der Waals surface area contributed by atoms with E-state index >= 15 is 0 Å². The van der Waals surface area contributed by atoms with Gasteiger partial charge in [-0.2, -0.15) is 5.26 Å². The van der Waals surface area contributed by atoms with Crippen LogP contribution in [0.4, 0.5) is 0 Å². The molecular weight excluding hydrogens is 404 g/mol. The number of rotatable bonds is 4. The average Bonchev–Trinajstić information content (AvgIpc) is 3.16. The minimum Gasteiger partial charge on any atom is -0.481 e. The average molecular weight is 443 g/mol. The van der Waals surface area contributed by atoms with E-state index < -0.39 is 17.0 Å². The Labute approximate surface area is 190 Å². The summed E-state index contributed by atoms with van der Waals surface area (Å²) in [5, 5.41) is 31.7. The molecule has 4 N–H and O–H groups in total. The number of hydrogen-bond acceptors (Lipinski definition) is 5. The molecule has 5 rings (SSSR count). The van der Waals surface area contributed by atoms with Gasteiger partial charge in [0.15, 0.2) is 0 Å². The van der Waals surface area contributed by atoms with Gasteiger partial charge in [-0.05, 0) is 78.9 Å². The molecule has 5 aliphatic rings. The second-order valence-electron chi connectivity index (χ2n) is 12.2. The summed E-state index contributed by atoms with van der Waals surface area (Å²) in [6.45, 7) is 6.60. The molecule has 0 spiro atoms. The molecule has 5 aliphatic carbocycles. The maximum atomic E-state index is 13.2. The predicted molar refractivity (Wildman–Crippen MR) is 118 cm³/mol. The lowest BCUT2D eigenvalue weighted by atomic mass is 9.37. The minimum absolute atomic E-state index is 0.0146. The van der Waals surface area contributed by atoms with Gasteiger partial charge in [-0.15, -0.1) is 0 Å². The summed E-state index contributed by atoms with van der Waals surface area (Å²) in [7, 11) is 0. The molecule has 6 nitrogen and oxygen atoms in total. The highest BCUT2D eigenvalue weighted by molar-refractivity contribution is 5.85. The predicted octanol–water partition coefficient (Wildman–Crippen LogP) is 3.52. The lowest BCUT2D eigenvalue weighted by Crippen LogP contribution is -2.64. The number of fused-ring (bicyclic) bond motifs is 6. The van der Waals surface area contributed by atoms with Gasteiger partial charge < -0.3 is 15.9 Å². The number of ketones is 1. The van der Waals surface area contributed by atoms with E-state index in [9.17, 15) is 25.1 Å². The Morgan fingerprint density at radius 3 is 2.44 bits per heavy atom. The van der Waals surface area contributed by atoms with Crippen LogP contribution in [0.5, 0.6) is 0 Å². The second-order valence-corrected chi connectivity index (χ2v) is 12.2. The molecule has 176 valence electrons. The van der Waals surface area contributed by atoms with Crippen LogP contribution in [0.2, 0.25) is 0 Å². The molecule has 2 bridgehead atoms. The number of hydrogen-bond donors (Lipinski definition) is 3. The number of aliphatic hydroxyl groups is 1. The molecule has 5 saturated carbocycles. The highest BCUT2D eigenvalue weighted by atomic mass is 16.4. The fraction of sp³-hybridized carbons (Fsp3) is 0.885. The van der Waals surface area contributed by atoms with Crippen LogP contribution in [-0.4, -0.2) is 33.6 Å². The number of carboxylic acids is 1. The normalized spacial score (nSPS) is 55.8. The number of Topliss-reactive ketones (excluding diaryl/α,β-unsaturated/α-hetero) is 1. The van der Waals surface area contributed by atoms with Gasteiger partial charge in [-0.3, -0.25) is 9.59 Å². The van der Waals surface area contributed by atoms with Crippen molar-refractivity contribution in [3.8, 4) is 6.07 Å². The van der Waals surface area contributed by atoms with Crippen LogP contribution in [0.1, 0.15) is 78.6 Å². The van der Waals surface area contributed by atoms with Crippen molar-refractivity contribution in [1.29, 1.82) is 5.26 Å². The van der Waals surface area contributed by atoms with Crippen LogP contribution >= 0.6 is 0 Å². The summed E-state index contributed by atoms with van der Waals surface area (Å²) in [4.78, 5) is 24.5. The SMILES string of the molecule is CC[C@H]1[C@H]2C(N)C3C(=O)CC[C@](C)([C@H]4CC[C@@]5(C)[C@@H](CC[C@@]5(O)CCC(=O)O)[C@H]24)[C@@]31C#N. The van der Waals surface area contributed by atoms with Crippen molar-refractivity contribution < 1.29 is 19.8 Å². The van der Waals surface area contributed by atoms with Gasteiger partial charge in [0.25, 0.3) is 0 Å². The number of carboxylic acid groups (broad SMARTS) is 1. The Bertz CT molecular complexity index is 899. The molecule has 0 radical (unpaired) electrons. The lowest BCUT2D eigenvalue weighted by Gasteiger charge is -2.65. The third-order valence-corrected chi connectivity index (χ3v) is 11.8. The smallest absolute Gasteiger partial charge is 0.303 e. The molecule has 0 aromatic rings. The Kier molecular flexibility index (Phi) is 4.74. The van der Waals surface area contributed by atoms with Crippen molar-refractivity contribution in [3.05, 3.63) is 0 Å². The molecule has 0 aromatic heterocycles. The van der Waals surface area contributed by atoms with Gasteiger partial charge >= 0.3 is 5.97 Å². The van der Waals surface area contributed by atoms with Gasteiger partial charge in [-0.25, -0.2) is 0 Å². The van der Waals surface area contributed by atoms with E-state index in [2.05, 4.69) is 26.8 Å². The largest absolute Gasteiger partial charge is 0.481 e. The van der Waals surface area contributed by atoms with Crippen LogP contribution in [0, 0.1) is 63.1 Å². The molecular formula is C26H38N2O4. The molecule has 0 heterocycles. The summed E-state index contributed by atoms with van der Waals surface area (Å²) in [6, 6.07) is 2.45. The number of carbonyl (C=O) groups is 2. The van der Waals surface area contributed by atoms with Gasteiger partial charge in [0, 0.05) is 18.9 Å². The lowest BCUT2D eigenvalue weighted by molar-refractivity contribution is -0.193. The maximum Gasteiger partial charge on any atom is 0.303 e. The molecule has 11 atom stereocenters. The Hall–Kier alpha value is -1.45. The van der Waals surface area contributed by atoms with Crippen LogP contribution < -0.4 is 5.73 Å². The summed E-state index contributed by atoms with van der Waals surface area (Å²) >= 11 is 0. The fourth-order valence-corrected chi connectivity index (χ4v) is 10.5. The van der Waals surface area contributed by atoms with E-state index in [0.29, 0.717) is 25.2 Å². The van der Waals surface area contributed by atoms with Gasteiger partial charge in [0.2, 0.25) is 0 Å². The van der Waals surface area contributed by atoms with Crippen LogP contribution in [0.15, 0.2) is 0 Å². The highest BCUT2D eigenvalue weighted by Gasteiger charge is 2.79. The first kappa shape index (κ1) is 22.3. The summed E-state index contributed by atoms with van der Waals surface area (Å²) in [5.41, 5.74) is 4.71. The number of aliphatic carboxylic acids is 1. The first-order valence-corrected chi connectivity index (χ1v) is 12.7. The fourth-order valence-electron chi connectivity index (χ4n) is 10.5. The third-order valence-electron chi connectivity index (χ3n) is 11.8. The molecule has 2 unspecified atom stereocenters. The zero-order chi connectivity index (χ0) is 23.3. The topological polar surface area (TPSA) is 124 Å². The van der Waals surface area contributed by atoms with E-state index in [4.69, 9.17) is 5.73 Å². The zero-order valence-electron chi connectivity index (χ0n) is 19.6. The van der Waals surface area contributed by atoms with Gasteiger partial charge in [0.1, 0.15) is 5.78 Å². The molecule has 0 aromatic carbocycles. The van der Waals surface area contributed by atoms with Crippen molar-refractivity contribution in [2.75, 3.05) is 0 Å². The summed E-state index contributed by atoms with van der Waals surface area (Å²) in [5.74, 6) is 0.0595. The Balaban J connectivity index is 1.62. The monoisotopic (exact) mass is 442 g/mol. The highest BCUT2D eigenvalue weighted by Crippen LogP contribution is 2.78. The van der Waals surface area contributed by atoms with Gasteiger partial charge in [-0.1, -0.05) is 27.2 Å². The van der Waals surface area contributed by atoms with E-state index in [1.807, 2.05) is 0 Å². The second kappa shape index (κ2) is 6.79. The van der Waals surface area contributed by atoms with Crippen molar-refractivity contribution in [1.82, 2.24) is 0 Å². The maximum absolute atomic E-state index is 13.2. The van der Waals surface area contributed by atoms with Crippen LogP contribution in [0.25, 0.3) is 0 Å². The quantitative estimate of drug-likeness (QED) is 0.612. The van der Waals surface area contributed by atoms with Crippen molar-refractivity contribution in [2.24, 2.45) is 57.5 Å². The molecule has 0 amide bonds. The van der Waals surface area contributed by atoms with Crippen LogP contribution in [-0.2, 0) is 9.59 Å². The Morgan fingerprint density at radius 1 is 1.16 bits per heavy atom. The third kappa shape index (κ3) is 2.28. The zero-order valence-corrected chi connectivity index (χ0v) is 19.6. The number of nitriles is 1. The molecule has 5 fully saturated rings. The molecule has 6 heteroatoms. The van der Waals surface area contributed by atoms with E-state index in [-0.39, 0.29) is 58.7 Å². The first-order valence-electron chi connectivity index (χ1n) is 12.7. The van der Waals surface area contributed by atoms with Gasteiger partial charge in [0.05, 0.1) is 23.0 Å². The number of nitrogens with two attached hydrogens (primary N) is 1. The van der Waals surface area contributed by atoms with E-state index in [0.717, 1.165) is 32.1 Å². The molecule has 32 heavy (non-hydrogen) atoms. The van der Waals surface area contributed by atoms with E-state index in [1.54, 1.807) is 0 Å². The van der Waals surface area contributed by atoms with Crippen molar-refractivity contribution >= 4 is 11.8 Å².